The van der Waals surface area contributed by atoms with Gasteiger partial charge in [0.15, 0.2) is 0 Å². The molecular formula is C24H22N2O3. The van der Waals surface area contributed by atoms with Crippen LogP contribution in [0.4, 0.5) is 4.79 Å². The van der Waals surface area contributed by atoms with Crippen molar-refractivity contribution < 1.29 is 14.3 Å². The van der Waals surface area contributed by atoms with Gasteiger partial charge in [0.05, 0.1) is 37.8 Å². The van der Waals surface area contributed by atoms with Gasteiger partial charge in [-0.2, -0.15) is 5.26 Å². The van der Waals surface area contributed by atoms with Crippen LogP contribution in [0.1, 0.15) is 29.9 Å². The molecule has 2 aromatic rings. The molecule has 2 unspecified atom stereocenters. The molecule has 1 aliphatic carbocycles. The minimum Gasteiger partial charge on any atom is -0.448 e. The molecule has 0 spiro atoms. The molecule has 3 aliphatic rings. The number of benzene rings is 2. The third-order valence-corrected chi connectivity index (χ3v) is 6.13. The molecule has 2 bridgehead atoms. The molecule has 1 amide bonds. The second-order valence-corrected chi connectivity index (χ2v) is 7.83. The fraction of sp³-hybridized carbons (Fsp3) is 0.333. The number of morpholine rings is 1. The highest BCUT2D eigenvalue weighted by atomic mass is 16.6. The van der Waals surface area contributed by atoms with Crippen LogP contribution in [0, 0.1) is 11.3 Å². The van der Waals surface area contributed by atoms with Gasteiger partial charge in [0, 0.05) is 5.92 Å². The van der Waals surface area contributed by atoms with Gasteiger partial charge in [-0.3, -0.25) is 4.90 Å². The number of carbonyl (C=O) groups is 1. The maximum atomic E-state index is 13.0. The predicted molar refractivity (Wildman–Crippen MR) is 108 cm³/mol. The summed E-state index contributed by atoms with van der Waals surface area (Å²) in [5.41, 5.74) is 5.95. The first kappa shape index (κ1) is 18.0. The molecule has 1 fully saturated rings. The highest BCUT2D eigenvalue weighted by molar-refractivity contribution is 5.79. The van der Waals surface area contributed by atoms with Crippen LogP contribution >= 0.6 is 0 Å². The van der Waals surface area contributed by atoms with Crippen molar-refractivity contribution in [1.29, 1.82) is 5.26 Å². The number of rotatable bonds is 3. The Kier molecular flexibility index (Phi) is 4.57. The summed E-state index contributed by atoms with van der Waals surface area (Å²) in [5.74, 6) is 0.0527. The van der Waals surface area contributed by atoms with Crippen molar-refractivity contribution >= 4 is 6.09 Å². The second kappa shape index (κ2) is 7.38. The topological polar surface area (TPSA) is 62.6 Å². The van der Waals surface area contributed by atoms with Gasteiger partial charge in [0.25, 0.3) is 0 Å². The fourth-order valence-corrected chi connectivity index (χ4v) is 4.87. The van der Waals surface area contributed by atoms with Gasteiger partial charge in [-0.1, -0.05) is 60.2 Å². The Morgan fingerprint density at radius 1 is 1.10 bits per heavy atom. The van der Waals surface area contributed by atoms with E-state index < -0.39 is 0 Å². The van der Waals surface area contributed by atoms with E-state index in [-0.39, 0.29) is 24.1 Å². The number of carbonyl (C=O) groups excluding carboxylic acids is 1. The zero-order chi connectivity index (χ0) is 19.8. The van der Waals surface area contributed by atoms with Crippen molar-refractivity contribution in [2.45, 2.75) is 30.8 Å². The van der Waals surface area contributed by atoms with Crippen LogP contribution in [0.15, 0.2) is 60.2 Å². The molecule has 2 atom stereocenters. The van der Waals surface area contributed by atoms with E-state index in [9.17, 15) is 4.79 Å². The highest BCUT2D eigenvalue weighted by Gasteiger charge is 2.39. The molecule has 146 valence electrons. The van der Waals surface area contributed by atoms with Gasteiger partial charge >= 0.3 is 6.09 Å². The van der Waals surface area contributed by atoms with Crippen molar-refractivity contribution in [3.8, 4) is 17.2 Å². The average molecular weight is 386 g/mol. The highest BCUT2D eigenvalue weighted by Crippen LogP contribution is 2.44. The number of amides is 1. The molecule has 5 heteroatoms. The number of fused-ring (bicyclic) bond motifs is 5. The maximum absolute atomic E-state index is 13.0. The van der Waals surface area contributed by atoms with E-state index in [0.29, 0.717) is 32.7 Å². The summed E-state index contributed by atoms with van der Waals surface area (Å²) in [5, 5.41) is 9.00. The summed E-state index contributed by atoms with van der Waals surface area (Å²) < 4.78 is 11.5. The lowest BCUT2D eigenvalue weighted by Gasteiger charge is -2.43. The first-order chi connectivity index (χ1) is 14.3. The van der Waals surface area contributed by atoms with Crippen LogP contribution in [0.25, 0.3) is 11.1 Å². The Morgan fingerprint density at radius 3 is 2.45 bits per heavy atom. The quantitative estimate of drug-likeness (QED) is 0.740. The second-order valence-electron chi connectivity index (χ2n) is 7.83. The Labute approximate surface area is 170 Å². The van der Waals surface area contributed by atoms with E-state index in [4.69, 9.17) is 14.7 Å². The van der Waals surface area contributed by atoms with Crippen LogP contribution in [-0.2, 0) is 9.47 Å². The van der Waals surface area contributed by atoms with Gasteiger partial charge in [-0.25, -0.2) is 4.79 Å². The minimum absolute atomic E-state index is 0.0527. The minimum atomic E-state index is -0.294. The Balaban J connectivity index is 1.35. The number of hydrogen-bond donors (Lipinski definition) is 0. The Morgan fingerprint density at radius 2 is 1.79 bits per heavy atom. The molecular weight excluding hydrogens is 364 g/mol. The lowest BCUT2D eigenvalue weighted by Crippen LogP contribution is -2.56. The van der Waals surface area contributed by atoms with Crippen LogP contribution in [0.5, 0.6) is 0 Å². The summed E-state index contributed by atoms with van der Waals surface area (Å²) in [6.07, 6.45) is 2.79. The molecule has 0 radical (unpaired) electrons. The number of ether oxygens (including phenoxy) is 2. The Bertz CT molecular complexity index is 977. The molecule has 5 rings (SSSR count). The van der Waals surface area contributed by atoms with Crippen LogP contribution in [0.3, 0.4) is 0 Å². The lowest BCUT2D eigenvalue weighted by molar-refractivity contribution is -0.0363. The van der Waals surface area contributed by atoms with Crippen LogP contribution < -0.4 is 0 Å². The molecule has 0 N–H and O–H groups in total. The monoisotopic (exact) mass is 386 g/mol. The first-order valence-corrected chi connectivity index (χ1v) is 10.0. The van der Waals surface area contributed by atoms with Gasteiger partial charge < -0.3 is 9.47 Å². The largest absolute Gasteiger partial charge is 0.448 e. The fourth-order valence-electron chi connectivity index (χ4n) is 4.87. The lowest BCUT2D eigenvalue weighted by atomic mass is 9.93. The number of nitrogens with zero attached hydrogens (tertiary/aromatic N) is 2. The van der Waals surface area contributed by atoms with Gasteiger partial charge in [-0.05, 0) is 28.7 Å². The van der Waals surface area contributed by atoms with E-state index in [0.717, 1.165) is 5.57 Å². The standard InChI is InChI=1S/C24H22N2O3/c25-10-9-16-11-17-13-28-14-18(12-16)26(17)24(27)29-15-23-21-7-3-1-5-19(21)20-6-2-4-8-22(20)23/h1-8,11,17-18,23H,9,12-15H2. The third-order valence-electron chi connectivity index (χ3n) is 6.13. The van der Waals surface area contributed by atoms with Crippen molar-refractivity contribution in [3.05, 3.63) is 71.3 Å². The molecule has 1 saturated heterocycles. The summed E-state index contributed by atoms with van der Waals surface area (Å²) in [4.78, 5) is 14.8. The Hall–Kier alpha value is -3.10. The average Bonchev–Trinajstić information content (AvgIpc) is 3.05. The normalized spacial score (nSPS) is 22.3. The number of hydrogen-bond acceptors (Lipinski definition) is 4. The third kappa shape index (κ3) is 3.10. The van der Waals surface area contributed by atoms with Gasteiger partial charge in [0.1, 0.15) is 6.61 Å². The van der Waals surface area contributed by atoms with E-state index in [2.05, 4.69) is 30.3 Å². The molecule has 2 aromatic carbocycles. The summed E-state index contributed by atoms with van der Waals surface area (Å²) in [7, 11) is 0. The zero-order valence-electron chi connectivity index (χ0n) is 16.1. The van der Waals surface area contributed by atoms with Crippen molar-refractivity contribution in [3.63, 3.8) is 0 Å². The summed E-state index contributed by atoms with van der Waals surface area (Å²) in [6, 6.07) is 18.7. The van der Waals surface area contributed by atoms with E-state index in [1.165, 1.54) is 22.3 Å². The van der Waals surface area contributed by atoms with Crippen molar-refractivity contribution in [1.82, 2.24) is 4.90 Å². The van der Waals surface area contributed by atoms with Crippen molar-refractivity contribution in [2.75, 3.05) is 19.8 Å². The van der Waals surface area contributed by atoms with Crippen LogP contribution in [-0.4, -0.2) is 42.9 Å². The maximum Gasteiger partial charge on any atom is 0.410 e. The van der Waals surface area contributed by atoms with Crippen LogP contribution in [0.2, 0.25) is 0 Å². The SMILES string of the molecule is N#CCC1=CC2COCC(C1)N2C(=O)OCC1c2ccccc2-c2ccccc21. The van der Waals surface area contributed by atoms with E-state index in [1.807, 2.05) is 30.3 Å². The molecule has 5 nitrogen and oxygen atoms in total. The first-order valence-electron chi connectivity index (χ1n) is 10.0. The predicted octanol–water partition coefficient (Wildman–Crippen LogP) is 4.25. The van der Waals surface area contributed by atoms with Gasteiger partial charge in [-0.15, -0.1) is 0 Å². The molecule has 2 heterocycles. The van der Waals surface area contributed by atoms with E-state index in [1.54, 1.807) is 4.90 Å². The molecule has 29 heavy (non-hydrogen) atoms. The van der Waals surface area contributed by atoms with Crippen molar-refractivity contribution in [2.24, 2.45) is 0 Å². The van der Waals surface area contributed by atoms with E-state index >= 15 is 0 Å². The molecule has 0 saturated carbocycles. The summed E-state index contributed by atoms with van der Waals surface area (Å²) >= 11 is 0. The molecule has 2 aliphatic heterocycles. The smallest absolute Gasteiger partial charge is 0.410 e. The molecule has 0 aromatic heterocycles. The zero-order valence-corrected chi connectivity index (χ0v) is 16.1. The number of nitriles is 1. The van der Waals surface area contributed by atoms with Gasteiger partial charge in [0.2, 0.25) is 0 Å². The summed E-state index contributed by atoms with van der Waals surface area (Å²) in [6.45, 7) is 1.26.